The highest BCUT2D eigenvalue weighted by atomic mass is 16.6. The second-order valence-electron chi connectivity index (χ2n) is 8.22. The molecule has 1 N–H and O–H groups in total. The Bertz CT molecular complexity index is 988. The summed E-state index contributed by atoms with van der Waals surface area (Å²) in [7, 11) is 0. The van der Waals surface area contributed by atoms with Crippen LogP contribution < -0.4 is 5.32 Å². The number of aromatic nitrogens is 1. The number of nitrogens with one attached hydrogen (secondary N) is 1. The van der Waals surface area contributed by atoms with Gasteiger partial charge in [-0.15, -0.1) is 0 Å². The fourth-order valence-electron chi connectivity index (χ4n) is 4.83. The largest absolute Gasteiger partial charge is 0.459 e. The molecule has 1 fully saturated rings. The van der Waals surface area contributed by atoms with Crippen LogP contribution in [0.5, 0.6) is 0 Å². The molecule has 2 unspecified atom stereocenters. The maximum atomic E-state index is 13.4. The molecule has 6 heteroatoms. The Labute approximate surface area is 176 Å². The molecule has 2 aliphatic rings. The summed E-state index contributed by atoms with van der Waals surface area (Å²) in [6.45, 7) is 6.68. The van der Waals surface area contributed by atoms with Crippen molar-refractivity contribution in [2.24, 2.45) is 5.92 Å². The maximum Gasteiger partial charge on any atom is 0.336 e. The Morgan fingerprint density at radius 1 is 1.17 bits per heavy atom. The number of benzene rings is 1. The Kier molecular flexibility index (Phi) is 5.86. The molecule has 6 nitrogen and oxygen atoms in total. The minimum atomic E-state index is -0.390. The first-order valence-corrected chi connectivity index (χ1v) is 10.6. The fraction of sp³-hybridized carbons (Fsp3) is 0.458. The lowest BCUT2D eigenvalue weighted by molar-refractivity contribution is -0.149. The van der Waals surface area contributed by atoms with E-state index in [2.05, 4.69) is 10.3 Å². The zero-order valence-electron chi connectivity index (χ0n) is 17.7. The minimum Gasteiger partial charge on any atom is -0.459 e. The lowest BCUT2D eigenvalue weighted by atomic mass is 9.71. The number of nitrogens with zero attached hydrogens (tertiary/aromatic N) is 1. The van der Waals surface area contributed by atoms with Crippen LogP contribution >= 0.6 is 0 Å². The molecular formula is C24H28N2O4. The normalized spacial score (nSPS) is 25.1. The number of ether oxygens (including phenoxy) is 2. The summed E-state index contributed by atoms with van der Waals surface area (Å²) in [6, 6.07) is 9.67. The third-order valence-corrected chi connectivity index (χ3v) is 6.20. The second-order valence-corrected chi connectivity index (χ2v) is 8.22. The summed E-state index contributed by atoms with van der Waals surface area (Å²) in [6.07, 6.45) is 2.99. The fourth-order valence-corrected chi connectivity index (χ4v) is 4.83. The van der Waals surface area contributed by atoms with E-state index in [0.29, 0.717) is 31.6 Å². The van der Waals surface area contributed by atoms with Gasteiger partial charge >= 0.3 is 5.97 Å². The number of allylic oxidation sites excluding steroid dienone is 1. The van der Waals surface area contributed by atoms with Gasteiger partial charge in [0, 0.05) is 48.0 Å². The van der Waals surface area contributed by atoms with E-state index < -0.39 is 0 Å². The van der Waals surface area contributed by atoms with Gasteiger partial charge in [-0.25, -0.2) is 4.79 Å². The van der Waals surface area contributed by atoms with Gasteiger partial charge in [-0.05, 0) is 38.5 Å². The smallest absolute Gasteiger partial charge is 0.336 e. The molecule has 0 aliphatic carbocycles. The molecule has 1 aromatic heterocycles. The van der Waals surface area contributed by atoms with Gasteiger partial charge in [0.2, 0.25) is 0 Å². The average Bonchev–Trinajstić information content (AvgIpc) is 2.73. The number of hydrogen-bond acceptors (Lipinski definition) is 6. The van der Waals surface area contributed by atoms with Crippen molar-refractivity contribution in [2.45, 2.75) is 51.7 Å². The summed E-state index contributed by atoms with van der Waals surface area (Å²) < 4.78 is 11.3. The van der Waals surface area contributed by atoms with E-state index in [0.717, 1.165) is 22.2 Å². The predicted molar refractivity (Wildman–Crippen MR) is 114 cm³/mol. The maximum absolute atomic E-state index is 13.4. The lowest BCUT2D eigenvalue weighted by Crippen LogP contribution is -2.47. The van der Waals surface area contributed by atoms with Crippen molar-refractivity contribution in [2.75, 3.05) is 13.2 Å². The van der Waals surface area contributed by atoms with Crippen LogP contribution in [0.2, 0.25) is 0 Å². The summed E-state index contributed by atoms with van der Waals surface area (Å²) in [5.74, 6) is -1.07. The van der Waals surface area contributed by atoms with E-state index in [4.69, 9.17) is 9.47 Å². The van der Waals surface area contributed by atoms with Gasteiger partial charge in [0.05, 0.1) is 24.3 Å². The van der Waals surface area contributed by atoms with Gasteiger partial charge in [0.15, 0.2) is 0 Å². The molecule has 3 atom stereocenters. The van der Waals surface area contributed by atoms with Crippen molar-refractivity contribution < 1.29 is 19.1 Å². The summed E-state index contributed by atoms with van der Waals surface area (Å²) in [4.78, 5) is 30.6. The first kappa shape index (κ1) is 20.5. The third-order valence-electron chi connectivity index (χ3n) is 6.20. The minimum absolute atomic E-state index is 0.0461. The molecule has 0 amide bonds. The van der Waals surface area contributed by atoms with Crippen molar-refractivity contribution in [3.8, 4) is 0 Å². The van der Waals surface area contributed by atoms with Crippen LogP contribution in [0.25, 0.3) is 10.9 Å². The summed E-state index contributed by atoms with van der Waals surface area (Å²) in [5, 5.41) is 4.30. The number of fused-ring (bicyclic) bond motifs is 1. The Hall–Kier alpha value is -2.73. The monoisotopic (exact) mass is 408 g/mol. The number of rotatable bonds is 4. The van der Waals surface area contributed by atoms with Gasteiger partial charge in [0.1, 0.15) is 11.9 Å². The molecule has 1 aromatic carbocycles. The number of esters is 1. The zero-order valence-corrected chi connectivity index (χ0v) is 17.7. The molecule has 0 spiro atoms. The van der Waals surface area contributed by atoms with E-state index >= 15 is 0 Å². The Morgan fingerprint density at radius 2 is 1.93 bits per heavy atom. The molecule has 0 radical (unpaired) electrons. The van der Waals surface area contributed by atoms with Crippen molar-refractivity contribution >= 4 is 22.7 Å². The predicted octanol–water partition coefficient (Wildman–Crippen LogP) is 3.51. The van der Waals surface area contributed by atoms with Gasteiger partial charge in [-0.2, -0.15) is 0 Å². The Morgan fingerprint density at radius 3 is 2.67 bits per heavy atom. The van der Waals surface area contributed by atoms with E-state index in [1.165, 1.54) is 0 Å². The quantitative estimate of drug-likeness (QED) is 0.780. The van der Waals surface area contributed by atoms with Gasteiger partial charge in [-0.1, -0.05) is 18.2 Å². The molecule has 30 heavy (non-hydrogen) atoms. The molecule has 4 rings (SSSR count). The molecule has 0 bridgehead atoms. The highest BCUT2D eigenvalue weighted by Crippen LogP contribution is 2.42. The molecular weight excluding hydrogens is 380 g/mol. The van der Waals surface area contributed by atoms with Crippen LogP contribution in [0.1, 0.15) is 45.1 Å². The zero-order chi connectivity index (χ0) is 21.3. The average molecular weight is 408 g/mol. The molecule has 0 saturated carbocycles. The van der Waals surface area contributed by atoms with E-state index in [9.17, 15) is 9.59 Å². The van der Waals surface area contributed by atoms with Crippen molar-refractivity contribution in [1.82, 2.24) is 10.3 Å². The highest BCUT2D eigenvalue weighted by molar-refractivity contribution is 5.96. The molecule has 2 aliphatic heterocycles. The van der Waals surface area contributed by atoms with Crippen molar-refractivity contribution in [3.05, 3.63) is 53.4 Å². The molecule has 3 heterocycles. The number of carbonyl (C=O) groups excluding carboxylic acids is 2. The summed E-state index contributed by atoms with van der Waals surface area (Å²) >= 11 is 0. The van der Waals surface area contributed by atoms with Crippen LogP contribution in [0.15, 0.2) is 47.8 Å². The summed E-state index contributed by atoms with van der Waals surface area (Å²) in [5.41, 5.74) is 3.09. The van der Waals surface area contributed by atoms with E-state index in [1.807, 2.05) is 44.2 Å². The highest BCUT2D eigenvalue weighted by Gasteiger charge is 2.43. The number of hydrogen-bond donors (Lipinski definition) is 1. The van der Waals surface area contributed by atoms with E-state index in [1.54, 1.807) is 13.1 Å². The second kappa shape index (κ2) is 8.56. The Balaban J connectivity index is 1.81. The van der Waals surface area contributed by atoms with Crippen molar-refractivity contribution in [3.63, 3.8) is 0 Å². The van der Waals surface area contributed by atoms with Crippen LogP contribution in [-0.2, 0) is 19.1 Å². The lowest BCUT2D eigenvalue weighted by Gasteiger charge is -2.39. The first-order valence-electron chi connectivity index (χ1n) is 10.6. The molecule has 1 saturated heterocycles. The molecule has 158 valence electrons. The van der Waals surface area contributed by atoms with Crippen molar-refractivity contribution in [1.29, 1.82) is 0 Å². The number of ketones is 1. The first-order chi connectivity index (χ1) is 14.5. The molecule has 2 aromatic rings. The van der Waals surface area contributed by atoms with Crippen LogP contribution in [-0.4, -0.2) is 42.1 Å². The van der Waals surface area contributed by atoms with Gasteiger partial charge < -0.3 is 14.8 Å². The number of pyridine rings is 1. The van der Waals surface area contributed by atoms with Crippen LogP contribution in [0.3, 0.4) is 0 Å². The number of Topliss-reactive ketones (excluding diaryl/α,β-unsaturated/α-hetero) is 1. The number of carbonyl (C=O) groups is 2. The van der Waals surface area contributed by atoms with Gasteiger partial charge in [-0.3, -0.25) is 9.78 Å². The topological polar surface area (TPSA) is 77.5 Å². The van der Waals surface area contributed by atoms with E-state index in [-0.39, 0.29) is 35.7 Å². The van der Waals surface area contributed by atoms with Crippen LogP contribution in [0.4, 0.5) is 0 Å². The third kappa shape index (κ3) is 3.84. The van der Waals surface area contributed by atoms with Crippen LogP contribution in [0, 0.1) is 5.92 Å². The SMILES string of the molecule is CC(=O)C1C(C)NC(C)=C(C(=O)OC2CCOCC2)[C@H]1c1cccc2ncccc12. The standard InChI is InChI=1S/C24H28N2O4/c1-14-21(16(3)27)23(19-6-4-8-20-18(19)7-5-11-25-20)22(15(2)26-14)24(28)30-17-9-12-29-13-10-17/h4-8,11,14,17,21,23,26H,9-10,12-13H2,1-3H3/t14?,21?,23-/m0/s1. The van der Waals surface area contributed by atoms with Gasteiger partial charge in [0.25, 0.3) is 0 Å².